The zero-order chi connectivity index (χ0) is 30.9. The normalized spacial score (nSPS) is 14.9. The lowest BCUT2D eigenvalue weighted by Gasteiger charge is -2.24. The quantitative estimate of drug-likeness (QED) is 0.0660. The fraction of sp³-hybridized carbons (Fsp3) is 0.235. The van der Waals surface area contributed by atoms with Crippen molar-refractivity contribution in [3.63, 3.8) is 0 Å². The van der Waals surface area contributed by atoms with Crippen molar-refractivity contribution in [1.82, 2.24) is 10.2 Å². The van der Waals surface area contributed by atoms with Gasteiger partial charge in [-0.15, -0.1) is 10.2 Å². The predicted octanol–water partition coefficient (Wildman–Crippen LogP) is 7.59. The van der Waals surface area contributed by atoms with Crippen LogP contribution in [0.4, 0.5) is 5.13 Å². The summed E-state index contributed by atoms with van der Waals surface area (Å²) in [5, 5.41) is 20.0. The number of hydrogen-bond donors (Lipinski definition) is 1. The minimum atomic E-state index is -0.959. The second-order valence-electron chi connectivity index (χ2n) is 9.91. The molecule has 226 valence electrons. The molecule has 1 aromatic heterocycles. The van der Waals surface area contributed by atoms with Crippen LogP contribution in [0.2, 0.25) is 0 Å². The summed E-state index contributed by atoms with van der Waals surface area (Å²) in [6, 6.07) is 23.7. The maximum atomic E-state index is 13.7. The molecule has 0 saturated heterocycles. The van der Waals surface area contributed by atoms with E-state index in [0.717, 1.165) is 24.0 Å². The van der Waals surface area contributed by atoms with E-state index in [1.54, 1.807) is 24.3 Å². The maximum Gasteiger partial charge on any atom is 0.296 e. The highest BCUT2D eigenvalue weighted by atomic mass is 32.2. The van der Waals surface area contributed by atoms with Gasteiger partial charge in [0.05, 0.1) is 24.8 Å². The number of unbranched alkanes of at least 4 members (excludes halogenated alkanes) is 1. The van der Waals surface area contributed by atoms with Crippen LogP contribution in [0, 0.1) is 0 Å². The standard InChI is InChI=1S/C34H33N3O5S2/c1-3-5-20-42-27-19-17-25(21-28(27)41-4-2)30-29(26(38)18-16-23-12-8-6-9-13-23)31(39)32(40)37(30)33-35-36-34(44-33)43-22-24-14-10-7-11-15-24/h6-19,21,30,39H,3-5,20,22H2,1-2H3/b18-16+. The number of aromatic nitrogens is 2. The van der Waals surface area contributed by atoms with Crippen LogP contribution in [-0.4, -0.2) is 40.2 Å². The molecule has 10 heteroatoms. The summed E-state index contributed by atoms with van der Waals surface area (Å²) in [5.41, 5.74) is 2.47. The Morgan fingerprint density at radius 1 is 1.00 bits per heavy atom. The number of ketones is 1. The predicted molar refractivity (Wildman–Crippen MR) is 174 cm³/mol. The number of nitrogens with zero attached hydrogens (tertiary/aromatic N) is 3. The zero-order valence-corrected chi connectivity index (χ0v) is 26.1. The van der Waals surface area contributed by atoms with Gasteiger partial charge in [-0.1, -0.05) is 109 Å². The number of benzene rings is 3. The molecule has 1 amide bonds. The number of hydrogen-bond acceptors (Lipinski definition) is 9. The molecular weight excluding hydrogens is 595 g/mol. The Labute approximate surface area is 265 Å². The average Bonchev–Trinajstić information content (AvgIpc) is 3.62. The van der Waals surface area contributed by atoms with Crippen LogP contribution in [0.5, 0.6) is 11.5 Å². The molecule has 0 spiro atoms. The molecular formula is C34H33N3O5S2. The van der Waals surface area contributed by atoms with Gasteiger partial charge >= 0.3 is 0 Å². The van der Waals surface area contributed by atoms with Crippen molar-refractivity contribution in [2.24, 2.45) is 0 Å². The van der Waals surface area contributed by atoms with Gasteiger partial charge in [-0.2, -0.15) is 0 Å². The summed E-state index contributed by atoms with van der Waals surface area (Å²) in [4.78, 5) is 28.7. The Morgan fingerprint density at radius 2 is 1.75 bits per heavy atom. The Bertz CT molecular complexity index is 1650. The van der Waals surface area contributed by atoms with Crippen molar-refractivity contribution < 1.29 is 24.2 Å². The van der Waals surface area contributed by atoms with Crippen LogP contribution in [0.15, 0.2) is 101 Å². The van der Waals surface area contributed by atoms with Crippen LogP contribution in [0.3, 0.4) is 0 Å². The highest BCUT2D eigenvalue weighted by Crippen LogP contribution is 2.45. The summed E-state index contributed by atoms with van der Waals surface area (Å²) in [7, 11) is 0. The molecule has 1 aliphatic rings. The van der Waals surface area contributed by atoms with E-state index in [1.165, 1.54) is 34.1 Å². The SMILES string of the molecule is CCCCOc1ccc(C2C(C(=O)/C=C/c3ccccc3)=C(O)C(=O)N2c2nnc(SCc3ccccc3)s2)cc1OCC. The summed E-state index contributed by atoms with van der Waals surface area (Å²) in [5.74, 6) is -0.0854. The minimum absolute atomic E-state index is 0.0435. The molecule has 3 aromatic carbocycles. The zero-order valence-electron chi connectivity index (χ0n) is 24.5. The second-order valence-corrected chi connectivity index (χ2v) is 12.1. The number of aliphatic hydroxyl groups is 1. The number of thioether (sulfide) groups is 1. The summed E-state index contributed by atoms with van der Waals surface area (Å²) < 4.78 is 12.5. The number of rotatable bonds is 14. The molecule has 1 N–H and O–H groups in total. The number of anilines is 1. The van der Waals surface area contributed by atoms with E-state index in [2.05, 4.69) is 17.1 Å². The molecule has 0 radical (unpaired) electrons. The molecule has 0 bridgehead atoms. The largest absolute Gasteiger partial charge is 0.503 e. The third-order valence-corrected chi connectivity index (χ3v) is 8.97. The van der Waals surface area contributed by atoms with Crippen molar-refractivity contribution in [3.05, 3.63) is 113 Å². The van der Waals surface area contributed by atoms with Gasteiger partial charge in [0.15, 0.2) is 27.4 Å². The number of amides is 1. The highest BCUT2D eigenvalue weighted by molar-refractivity contribution is 8.00. The molecule has 0 fully saturated rings. The molecule has 4 aromatic rings. The highest BCUT2D eigenvalue weighted by Gasteiger charge is 2.45. The van der Waals surface area contributed by atoms with Crippen LogP contribution >= 0.6 is 23.1 Å². The minimum Gasteiger partial charge on any atom is -0.503 e. The second kappa shape index (κ2) is 14.9. The van der Waals surface area contributed by atoms with E-state index >= 15 is 0 Å². The first-order chi connectivity index (χ1) is 21.5. The Hall–Kier alpha value is -4.41. The van der Waals surface area contributed by atoms with Crippen molar-refractivity contribution in [1.29, 1.82) is 0 Å². The molecule has 1 aliphatic heterocycles. The van der Waals surface area contributed by atoms with E-state index in [9.17, 15) is 14.7 Å². The van der Waals surface area contributed by atoms with Gasteiger partial charge in [0.2, 0.25) is 5.13 Å². The molecule has 0 aliphatic carbocycles. The monoisotopic (exact) mass is 627 g/mol. The van der Waals surface area contributed by atoms with Gasteiger partial charge in [-0.3, -0.25) is 14.5 Å². The van der Waals surface area contributed by atoms with Gasteiger partial charge < -0.3 is 14.6 Å². The van der Waals surface area contributed by atoms with E-state index in [-0.39, 0.29) is 10.7 Å². The summed E-state index contributed by atoms with van der Waals surface area (Å²) in [6.45, 7) is 4.89. The molecule has 0 saturated carbocycles. The molecule has 8 nitrogen and oxygen atoms in total. The number of carbonyl (C=O) groups is 2. The molecule has 5 rings (SSSR count). The van der Waals surface area contributed by atoms with Gasteiger partial charge in [0.1, 0.15) is 0 Å². The maximum absolute atomic E-state index is 13.7. The summed E-state index contributed by atoms with van der Waals surface area (Å²) >= 11 is 2.73. The van der Waals surface area contributed by atoms with E-state index in [0.29, 0.717) is 40.4 Å². The Balaban J connectivity index is 1.51. The molecule has 1 unspecified atom stereocenters. The van der Waals surface area contributed by atoms with Crippen molar-refractivity contribution >= 4 is 46.0 Å². The van der Waals surface area contributed by atoms with E-state index < -0.39 is 23.5 Å². The third-order valence-electron chi connectivity index (χ3n) is 6.85. The third kappa shape index (κ3) is 7.20. The fourth-order valence-corrected chi connectivity index (χ4v) is 6.51. The van der Waals surface area contributed by atoms with E-state index in [4.69, 9.17) is 9.47 Å². The van der Waals surface area contributed by atoms with Crippen molar-refractivity contribution in [3.8, 4) is 11.5 Å². The fourth-order valence-electron chi connectivity index (χ4n) is 4.68. The smallest absolute Gasteiger partial charge is 0.296 e. The lowest BCUT2D eigenvalue weighted by Crippen LogP contribution is -2.31. The van der Waals surface area contributed by atoms with Crippen LogP contribution in [-0.2, 0) is 15.3 Å². The number of aliphatic hydroxyl groups excluding tert-OH is 1. The number of allylic oxidation sites excluding steroid dienone is 1. The van der Waals surface area contributed by atoms with Gasteiger partial charge in [-0.25, -0.2) is 0 Å². The van der Waals surface area contributed by atoms with Crippen molar-refractivity contribution in [2.75, 3.05) is 18.1 Å². The summed E-state index contributed by atoms with van der Waals surface area (Å²) in [6.07, 6.45) is 4.91. The first kappa shape index (κ1) is 31.0. The number of carbonyl (C=O) groups excluding carboxylic acids is 2. The lowest BCUT2D eigenvalue weighted by molar-refractivity contribution is -0.117. The first-order valence-corrected chi connectivity index (χ1v) is 16.2. The Morgan fingerprint density at radius 3 is 2.48 bits per heavy atom. The first-order valence-electron chi connectivity index (χ1n) is 14.4. The van der Waals surface area contributed by atoms with Crippen LogP contribution < -0.4 is 14.4 Å². The lowest BCUT2D eigenvalue weighted by atomic mass is 9.95. The van der Waals surface area contributed by atoms with Crippen LogP contribution in [0.25, 0.3) is 6.08 Å². The van der Waals surface area contributed by atoms with Gasteiger partial charge in [-0.05, 0) is 48.2 Å². The van der Waals surface area contributed by atoms with Crippen molar-refractivity contribution in [2.45, 2.75) is 42.8 Å². The molecule has 1 atom stereocenters. The molecule has 44 heavy (non-hydrogen) atoms. The number of ether oxygens (including phenoxy) is 2. The van der Waals surface area contributed by atoms with Crippen LogP contribution in [0.1, 0.15) is 49.4 Å². The van der Waals surface area contributed by atoms with Gasteiger partial charge in [0, 0.05) is 5.75 Å². The van der Waals surface area contributed by atoms with E-state index in [1.807, 2.05) is 67.6 Å². The Kier molecular flexibility index (Phi) is 10.5. The van der Waals surface area contributed by atoms with Gasteiger partial charge in [0.25, 0.3) is 5.91 Å². The molecule has 2 heterocycles. The topological polar surface area (TPSA) is 102 Å². The average molecular weight is 628 g/mol.